The van der Waals surface area contributed by atoms with Crippen molar-refractivity contribution in [1.29, 1.82) is 0 Å². The molecule has 0 bridgehead atoms. The van der Waals surface area contributed by atoms with Crippen molar-refractivity contribution in [2.75, 3.05) is 11.1 Å². The lowest BCUT2D eigenvalue weighted by Crippen LogP contribution is -2.13. The minimum atomic E-state index is -0.369. The van der Waals surface area contributed by atoms with Crippen molar-refractivity contribution in [2.45, 2.75) is 27.2 Å². The number of nitrogens with zero attached hydrogens (tertiary/aromatic N) is 1. The molecule has 0 fully saturated rings. The number of nitrogens with one attached hydrogen (secondary N) is 1. The molecule has 0 aliphatic carbocycles. The normalized spacial score (nSPS) is 12.1. The predicted molar refractivity (Wildman–Crippen MR) is 102 cm³/mol. The zero-order valence-electron chi connectivity index (χ0n) is 14.8. The molecular weight excluding hydrogens is 314 g/mol. The van der Waals surface area contributed by atoms with E-state index in [1.165, 1.54) is 11.8 Å². The molecule has 5 nitrogen and oxygen atoms in total. The first-order valence-corrected chi connectivity index (χ1v) is 8.07. The number of rotatable bonds is 6. The molecule has 0 spiro atoms. The Morgan fingerprint density at radius 3 is 2.76 bits per heavy atom. The highest BCUT2D eigenvalue weighted by Gasteiger charge is 2.13. The van der Waals surface area contributed by atoms with Gasteiger partial charge in [-0.25, -0.2) is 0 Å². The molecular formula is C20H23N3O2. The van der Waals surface area contributed by atoms with Gasteiger partial charge in [-0.1, -0.05) is 49.4 Å². The van der Waals surface area contributed by atoms with Gasteiger partial charge in [0.25, 0.3) is 11.9 Å². The van der Waals surface area contributed by atoms with Crippen LogP contribution >= 0.6 is 0 Å². The summed E-state index contributed by atoms with van der Waals surface area (Å²) in [6.07, 6.45) is 8.13. The van der Waals surface area contributed by atoms with E-state index in [2.05, 4.69) is 36.8 Å². The van der Waals surface area contributed by atoms with Crippen LogP contribution in [0.15, 0.2) is 59.3 Å². The lowest BCUT2D eigenvalue weighted by Gasteiger charge is -2.10. The van der Waals surface area contributed by atoms with E-state index in [1.54, 1.807) is 6.08 Å². The van der Waals surface area contributed by atoms with Crippen LogP contribution in [-0.4, -0.2) is 10.9 Å². The number of allylic oxidation sites excluding steroid dienone is 5. The van der Waals surface area contributed by atoms with Crippen molar-refractivity contribution < 1.29 is 9.21 Å². The summed E-state index contributed by atoms with van der Waals surface area (Å²) in [5.41, 5.74) is 10.4. The van der Waals surface area contributed by atoms with Gasteiger partial charge >= 0.3 is 0 Å². The smallest absolute Gasteiger partial charge is 0.292 e. The first-order valence-electron chi connectivity index (χ1n) is 8.07. The van der Waals surface area contributed by atoms with Crippen molar-refractivity contribution in [3.63, 3.8) is 0 Å². The standard InChI is InChI=1S/C20H23N3O2/c1-5-13(3)7-9-15(6-2)16-10-8-14(4)17(11-16)22-19(24)18-12-25-20(21)23-18/h6-12H,2,5H2,1,3-4H3,(H2,21,23)(H,22,24)/b13-7+,15-9+. The minimum absolute atomic E-state index is 0.0365. The fourth-order valence-electron chi connectivity index (χ4n) is 2.15. The summed E-state index contributed by atoms with van der Waals surface area (Å²) in [6, 6.07) is 5.84. The molecule has 1 amide bonds. The zero-order chi connectivity index (χ0) is 18.4. The van der Waals surface area contributed by atoms with E-state index in [-0.39, 0.29) is 17.6 Å². The van der Waals surface area contributed by atoms with Crippen LogP contribution in [-0.2, 0) is 0 Å². The number of carbonyl (C=O) groups excluding carboxylic acids is 1. The fraction of sp³-hybridized carbons (Fsp3) is 0.200. The summed E-state index contributed by atoms with van der Waals surface area (Å²) in [7, 11) is 0. The van der Waals surface area contributed by atoms with E-state index in [0.29, 0.717) is 5.69 Å². The van der Waals surface area contributed by atoms with Crippen molar-refractivity contribution >= 4 is 23.2 Å². The second-order valence-corrected chi connectivity index (χ2v) is 5.75. The highest BCUT2D eigenvalue weighted by atomic mass is 16.4. The molecule has 2 rings (SSSR count). The second kappa shape index (κ2) is 8.15. The third-order valence-electron chi connectivity index (χ3n) is 3.90. The van der Waals surface area contributed by atoms with E-state index in [4.69, 9.17) is 10.2 Å². The molecule has 130 valence electrons. The number of hydrogen-bond acceptors (Lipinski definition) is 4. The topological polar surface area (TPSA) is 81.2 Å². The quantitative estimate of drug-likeness (QED) is 0.746. The molecule has 0 saturated carbocycles. The Bertz CT molecular complexity index is 844. The lowest BCUT2D eigenvalue weighted by atomic mass is 10.0. The maximum atomic E-state index is 12.3. The first-order chi connectivity index (χ1) is 11.9. The maximum absolute atomic E-state index is 12.3. The van der Waals surface area contributed by atoms with E-state index in [1.807, 2.05) is 31.2 Å². The average molecular weight is 337 g/mol. The van der Waals surface area contributed by atoms with Crippen LogP contribution < -0.4 is 11.1 Å². The van der Waals surface area contributed by atoms with Gasteiger partial charge in [0.1, 0.15) is 6.26 Å². The maximum Gasteiger partial charge on any atom is 0.292 e. The largest absolute Gasteiger partial charge is 0.431 e. The summed E-state index contributed by atoms with van der Waals surface area (Å²) in [5.74, 6) is -0.369. The minimum Gasteiger partial charge on any atom is -0.431 e. The molecule has 1 heterocycles. The highest BCUT2D eigenvalue weighted by molar-refractivity contribution is 6.03. The van der Waals surface area contributed by atoms with Gasteiger partial charge < -0.3 is 15.5 Å². The molecule has 0 aliphatic heterocycles. The van der Waals surface area contributed by atoms with Gasteiger partial charge in [-0.3, -0.25) is 4.79 Å². The third kappa shape index (κ3) is 4.70. The molecule has 1 aromatic carbocycles. The molecule has 0 radical (unpaired) electrons. The van der Waals surface area contributed by atoms with Gasteiger partial charge in [0.05, 0.1) is 0 Å². The molecule has 3 N–H and O–H groups in total. The molecule has 0 unspecified atom stereocenters. The molecule has 25 heavy (non-hydrogen) atoms. The van der Waals surface area contributed by atoms with Crippen molar-refractivity contribution in [1.82, 2.24) is 4.98 Å². The number of anilines is 2. The highest BCUT2D eigenvalue weighted by Crippen LogP contribution is 2.24. The van der Waals surface area contributed by atoms with E-state index in [9.17, 15) is 4.79 Å². The van der Waals surface area contributed by atoms with Crippen LogP contribution in [0.5, 0.6) is 0 Å². The van der Waals surface area contributed by atoms with Crippen LogP contribution in [0.4, 0.5) is 11.7 Å². The van der Waals surface area contributed by atoms with Crippen molar-refractivity contribution in [3.05, 3.63) is 71.7 Å². The number of hydrogen-bond donors (Lipinski definition) is 2. The average Bonchev–Trinajstić information content (AvgIpc) is 3.04. The number of benzene rings is 1. The van der Waals surface area contributed by atoms with Crippen molar-refractivity contribution in [3.8, 4) is 0 Å². The summed E-state index contributed by atoms with van der Waals surface area (Å²) in [6.45, 7) is 10.0. The fourth-order valence-corrected chi connectivity index (χ4v) is 2.15. The van der Waals surface area contributed by atoms with Gasteiger partial charge in [0.15, 0.2) is 5.69 Å². The number of oxazole rings is 1. The number of aromatic nitrogens is 1. The number of nitrogen functional groups attached to an aromatic ring is 1. The predicted octanol–water partition coefficient (Wildman–Crippen LogP) is 4.74. The Balaban J connectivity index is 2.30. The van der Waals surface area contributed by atoms with Crippen LogP contribution in [0.1, 0.15) is 41.9 Å². The summed E-state index contributed by atoms with van der Waals surface area (Å²) < 4.78 is 4.87. The summed E-state index contributed by atoms with van der Waals surface area (Å²) >= 11 is 0. The Labute approximate surface area is 147 Å². The Hall–Kier alpha value is -3.08. The number of aryl methyl sites for hydroxylation is 1. The number of amides is 1. The van der Waals surface area contributed by atoms with Crippen LogP contribution in [0.2, 0.25) is 0 Å². The van der Waals surface area contributed by atoms with Gasteiger partial charge in [-0.15, -0.1) is 0 Å². The molecule has 0 aliphatic rings. The zero-order valence-corrected chi connectivity index (χ0v) is 14.8. The lowest BCUT2D eigenvalue weighted by molar-refractivity contribution is 0.102. The van der Waals surface area contributed by atoms with Gasteiger partial charge in [0.2, 0.25) is 0 Å². The third-order valence-corrected chi connectivity index (χ3v) is 3.90. The van der Waals surface area contributed by atoms with Crippen LogP contribution in [0, 0.1) is 6.92 Å². The molecule has 0 atom stereocenters. The Kier molecular flexibility index (Phi) is 5.95. The van der Waals surface area contributed by atoms with Crippen LogP contribution in [0.25, 0.3) is 5.57 Å². The van der Waals surface area contributed by atoms with E-state index in [0.717, 1.165) is 23.1 Å². The van der Waals surface area contributed by atoms with E-state index >= 15 is 0 Å². The van der Waals surface area contributed by atoms with E-state index < -0.39 is 0 Å². The van der Waals surface area contributed by atoms with Gasteiger partial charge in [0, 0.05) is 5.69 Å². The molecule has 1 aromatic heterocycles. The second-order valence-electron chi connectivity index (χ2n) is 5.75. The summed E-state index contributed by atoms with van der Waals surface area (Å²) in [4.78, 5) is 16.1. The Morgan fingerprint density at radius 1 is 1.40 bits per heavy atom. The monoisotopic (exact) mass is 337 g/mol. The summed E-state index contributed by atoms with van der Waals surface area (Å²) in [5, 5.41) is 2.84. The molecule has 5 heteroatoms. The van der Waals surface area contributed by atoms with Crippen LogP contribution in [0.3, 0.4) is 0 Å². The van der Waals surface area contributed by atoms with Gasteiger partial charge in [-0.2, -0.15) is 4.98 Å². The number of carbonyl (C=O) groups is 1. The Morgan fingerprint density at radius 2 is 2.16 bits per heavy atom. The first kappa shape index (κ1) is 18.3. The SMILES string of the molecule is C=C/C(=C\C=C(/C)CC)c1ccc(C)c(NC(=O)c2coc(N)n2)c1. The molecule has 0 saturated heterocycles. The molecule has 2 aromatic rings. The van der Waals surface area contributed by atoms with Gasteiger partial charge in [-0.05, 0) is 43.0 Å². The van der Waals surface area contributed by atoms with Crippen molar-refractivity contribution in [2.24, 2.45) is 0 Å². The number of nitrogens with two attached hydrogens (primary N) is 1.